The summed E-state index contributed by atoms with van der Waals surface area (Å²) in [6.45, 7) is 2.20. The summed E-state index contributed by atoms with van der Waals surface area (Å²) in [4.78, 5) is 15.5. The topological polar surface area (TPSA) is 127 Å². The smallest absolute Gasteiger partial charge is 0.292 e. The van der Waals surface area contributed by atoms with Crippen LogP contribution < -0.4 is 16.4 Å². The minimum atomic E-state index is -3.56. The van der Waals surface area contributed by atoms with Crippen molar-refractivity contribution in [1.82, 2.24) is 14.5 Å². The molecule has 2 heterocycles. The highest BCUT2D eigenvalue weighted by atomic mass is 32.2. The fraction of sp³-hybridized carbons (Fsp3) is 0.483. The lowest BCUT2D eigenvalue weighted by Crippen LogP contribution is -2.49. The van der Waals surface area contributed by atoms with Crippen LogP contribution in [0.4, 0.5) is 20.2 Å². The zero-order valence-electron chi connectivity index (χ0n) is 23.0. The van der Waals surface area contributed by atoms with Crippen molar-refractivity contribution in [2.24, 2.45) is 5.92 Å². The summed E-state index contributed by atoms with van der Waals surface area (Å²) >= 11 is 0. The van der Waals surface area contributed by atoms with Gasteiger partial charge < -0.3 is 26.0 Å². The van der Waals surface area contributed by atoms with Crippen molar-refractivity contribution >= 4 is 27.3 Å². The van der Waals surface area contributed by atoms with E-state index in [9.17, 15) is 22.0 Å². The lowest BCUT2D eigenvalue weighted by Gasteiger charge is -2.37. The number of nitrogen functional groups attached to an aromatic ring is 1. The Morgan fingerprint density at radius 3 is 2.29 bits per heavy atom. The molecule has 0 spiro atoms. The number of anilines is 2. The summed E-state index contributed by atoms with van der Waals surface area (Å²) in [5.74, 6) is -1.43. The molecule has 41 heavy (non-hydrogen) atoms. The van der Waals surface area contributed by atoms with E-state index in [0.717, 1.165) is 43.4 Å². The average molecular weight is 590 g/mol. The van der Waals surface area contributed by atoms with Gasteiger partial charge in [-0.15, -0.1) is 0 Å². The molecule has 1 aliphatic carbocycles. The van der Waals surface area contributed by atoms with Crippen LogP contribution in [0.1, 0.15) is 37.7 Å². The Morgan fingerprint density at radius 1 is 1.02 bits per heavy atom. The Labute approximate surface area is 239 Å². The Morgan fingerprint density at radius 2 is 1.68 bits per heavy atom. The number of hydrogen-bond acceptors (Lipinski definition) is 7. The molecule has 1 atom stereocenters. The van der Waals surface area contributed by atoms with Gasteiger partial charge in [0.1, 0.15) is 11.6 Å². The Bertz CT molecular complexity index is 1350. The van der Waals surface area contributed by atoms with Crippen molar-refractivity contribution in [2.45, 2.75) is 43.9 Å². The van der Waals surface area contributed by atoms with Crippen LogP contribution in [0.3, 0.4) is 0 Å². The van der Waals surface area contributed by atoms with Crippen molar-refractivity contribution in [3.8, 4) is 0 Å². The van der Waals surface area contributed by atoms with Crippen molar-refractivity contribution in [2.75, 3.05) is 50.4 Å². The van der Waals surface area contributed by atoms with Crippen molar-refractivity contribution in [3.05, 3.63) is 71.1 Å². The lowest BCUT2D eigenvalue weighted by atomic mass is 10.2. The van der Waals surface area contributed by atoms with Gasteiger partial charge in [0.15, 0.2) is 0 Å². The highest BCUT2D eigenvalue weighted by molar-refractivity contribution is 7.88. The van der Waals surface area contributed by atoms with Crippen LogP contribution in [0.2, 0.25) is 0 Å². The van der Waals surface area contributed by atoms with Gasteiger partial charge in [0.2, 0.25) is 15.8 Å². The van der Waals surface area contributed by atoms with Gasteiger partial charge in [0.05, 0.1) is 24.1 Å². The summed E-state index contributed by atoms with van der Waals surface area (Å²) in [7, 11) is -3.56. The van der Waals surface area contributed by atoms with E-state index in [1.807, 2.05) is 4.90 Å². The molecule has 5 rings (SSSR count). The zero-order valence-corrected chi connectivity index (χ0v) is 23.8. The van der Waals surface area contributed by atoms with E-state index in [4.69, 9.17) is 10.5 Å². The molecule has 222 valence electrons. The Balaban J connectivity index is 1.30. The van der Waals surface area contributed by atoms with Crippen LogP contribution >= 0.6 is 0 Å². The number of carbonyl (C=O) groups excluding carboxylic acids is 1. The predicted octanol–water partition coefficient (Wildman–Crippen LogP) is 3.41. The number of ether oxygens (including phenoxy) is 1. The predicted molar refractivity (Wildman–Crippen MR) is 153 cm³/mol. The molecule has 9 nitrogen and oxygen atoms in total. The third-order valence-electron chi connectivity index (χ3n) is 7.55. The fourth-order valence-corrected chi connectivity index (χ4v) is 6.60. The summed E-state index contributed by atoms with van der Waals surface area (Å²) in [5.41, 5.74) is 7.58. The second kappa shape index (κ2) is 12.7. The number of rotatable bonds is 13. The normalized spacial score (nSPS) is 20.0. The molecule has 0 aromatic heterocycles. The summed E-state index contributed by atoms with van der Waals surface area (Å²) in [6, 6.07) is 9.48. The van der Waals surface area contributed by atoms with Crippen LogP contribution in [0.25, 0.3) is 0 Å². The minimum Gasteiger partial charge on any atom is -0.486 e. The second-order valence-corrected chi connectivity index (χ2v) is 12.9. The third-order valence-corrected chi connectivity index (χ3v) is 9.40. The maximum atomic E-state index is 13.8. The summed E-state index contributed by atoms with van der Waals surface area (Å²) in [5, 5.41) is 5.82. The first kappa shape index (κ1) is 29.3. The molecular weight excluding hydrogens is 552 g/mol. The summed E-state index contributed by atoms with van der Waals surface area (Å²) < 4.78 is 61.4. The molecule has 1 saturated carbocycles. The molecule has 12 heteroatoms. The van der Waals surface area contributed by atoms with Crippen LogP contribution in [0, 0.1) is 17.6 Å². The van der Waals surface area contributed by atoms with Crippen LogP contribution in [-0.2, 0) is 25.3 Å². The first-order valence-corrected chi connectivity index (χ1v) is 15.7. The number of piperazine rings is 1. The number of hydrogen-bond donors (Lipinski definition) is 3. The number of amides is 1. The van der Waals surface area contributed by atoms with E-state index in [2.05, 4.69) is 10.6 Å². The molecule has 2 aliphatic heterocycles. The zero-order chi connectivity index (χ0) is 29.0. The van der Waals surface area contributed by atoms with E-state index < -0.39 is 27.6 Å². The number of nitrogens with two attached hydrogens (primary N) is 1. The van der Waals surface area contributed by atoms with E-state index >= 15 is 0 Å². The molecule has 1 unspecified atom stereocenters. The van der Waals surface area contributed by atoms with E-state index in [1.165, 1.54) is 17.1 Å². The molecule has 0 bridgehead atoms. The van der Waals surface area contributed by atoms with Gasteiger partial charge in [0.25, 0.3) is 5.91 Å². The molecule has 2 saturated heterocycles. The maximum Gasteiger partial charge on any atom is 0.292 e. The van der Waals surface area contributed by atoms with Gasteiger partial charge in [-0.3, -0.25) is 4.79 Å². The number of nitrogens with one attached hydrogen (secondary N) is 2. The highest BCUT2D eigenvalue weighted by Gasteiger charge is 2.38. The van der Waals surface area contributed by atoms with E-state index in [0.29, 0.717) is 43.2 Å². The first-order valence-electron chi connectivity index (χ1n) is 14.1. The van der Waals surface area contributed by atoms with Crippen LogP contribution in [0.15, 0.2) is 53.9 Å². The Kier molecular flexibility index (Phi) is 9.10. The van der Waals surface area contributed by atoms with Gasteiger partial charge in [-0.25, -0.2) is 17.2 Å². The highest BCUT2D eigenvalue weighted by Crippen LogP contribution is 2.34. The molecule has 4 N–H and O–H groups in total. The van der Waals surface area contributed by atoms with Gasteiger partial charge in [-0.1, -0.05) is 31.4 Å². The van der Waals surface area contributed by atoms with Gasteiger partial charge >= 0.3 is 0 Å². The van der Waals surface area contributed by atoms with Gasteiger partial charge in [0, 0.05) is 50.2 Å². The number of sulfonamides is 1. The van der Waals surface area contributed by atoms with Gasteiger partial charge in [-0.2, -0.15) is 4.31 Å². The average Bonchev–Trinajstić information content (AvgIpc) is 3.84. The number of nitrogens with zero attached hydrogens (tertiary/aromatic N) is 2. The van der Waals surface area contributed by atoms with Crippen LogP contribution in [-0.4, -0.2) is 68.9 Å². The minimum absolute atomic E-state index is 0.0102. The standard InChI is InChI=1S/C29H37F2N5O4S/c30-22-15-23(31)17-25(16-22)34-29(37)28(40-14-2-1-3-20-4-5-20)27(26-18-33-26)35-10-12-36(13-11-35)41(38,39)19-21-6-8-24(32)9-7-21/h6-9,15-17,20,26,33H,1-5,10-14,18-19,32H2,(H,34,37). The molecule has 0 radical (unpaired) electrons. The third kappa shape index (κ3) is 8.17. The Hall–Kier alpha value is -3.22. The molecule has 2 aromatic rings. The molecular formula is C29H37F2N5O4S. The fourth-order valence-electron chi connectivity index (χ4n) is 5.08. The van der Waals surface area contributed by atoms with Crippen LogP contribution in [0.5, 0.6) is 0 Å². The maximum absolute atomic E-state index is 13.8. The summed E-state index contributed by atoms with van der Waals surface area (Å²) in [6.07, 6.45) is 5.47. The first-order chi connectivity index (χ1) is 19.7. The van der Waals surface area contributed by atoms with Crippen molar-refractivity contribution in [3.63, 3.8) is 0 Å². The SMILES string of the molecule is Nc1ccc(CS(=O)(=O)N2CCN(C(=C(OCCCCC3CC3)C(=O)Nc3cc(F)cc(F)c3)C3CN3)CC2)cc1. The van der Waals surface area contributed by atoms with Crippen molar-refractivity contribution in [1.29, 1.82) is 0 Å². The number of halogens is 2. The number of carbonyl (C=O) groups is 1. The second-order valence-electron chi connectivity index (χ2n) is 11.0. The lowest BCUT2D eigenvalue weighted by molar-refractivity contribution is -0.116. The molecule has 3 fully saturated rings. The monoisotopic (exact) mass is 589 g/mol. The number of benzene rings is 2. The number of unbranched alkanes of at least 4 members (excludes halogenated alkanes) is 1. The van der Waals surface area contributed by atoms with Gasteiger partial charge in [-0.05, 0) is 48.6 Å². The largest absolute Gasteiger partial charge is 0.486 e. The van der Waals surface area contributed by atoms with E-state index in [1.54, 1.807) is 24.3 Å². The van der Waals surface area contributed by atoms with Crippen molar-refractivity contribution < 1.29 is 26.7 Å². The van der Waals surface area contributed by atoms with E-state index in [-0.39, 0.29) is 36.3 Å². The quantitative estimate of drug-likeness (QED) is 0.107. The molecule has 3 aliphatic rings. The molecule has 2 aromatic carbocycles. The molecule has 1 amide bonds.